The molecule has 0 amide bonds. The van der Waals surface area contributed by atoms with E-state index in [0.29, 0.717) is 52.9 Å². The quantitative estimate of drug-likeness (QED) is 0.0332. The Morgan fingerprint density at radius 2 is 0.688 bits per heavy atom. The number of hydrogen-bond donors (Lipinski definition) is 2. The maximum atomic E-state index is 8.38. The van der Waals surface area contributed by atoms with Gasteiger partial charge in [0, 0.05) is 0 Å². The van der Waals surface area contributed by atoms with Crippen molar-refractivity contribution in [1.82, 2.24) is 0 Å². The summed E-state index contributed by atoms with van der Waals surface area (Å²) in [6.45, 7) is 26.5. The molecule has 0 saturated heterocycles. The molecule has 0 unspecified atom stereocenters. The van der Waals surface area contributed by atoms with Crippen LogP contribution in [0.15, 0.2) is 99.2 Å². The molecule has 0 aliphatic rings. The van der Waals surface area contributed by atoms with Crippen LogP contribution in [-0.4, -0.2) is 76.3 Å². The first-order valence-electron chi connectivity index (χ1n) is 17.0. The molecule has 276 valence electrons. The van der Waals surface area contributed by atoms with E-state index in [2.05, 4.69) is 64.5 Å². The van der Waals surface area contributed by atoms with Gasteiger partial charge in [-0.3, -0.25) is 0 Å². The molecule has 0 rings (SSSR count). The van der Waals surface area contributed by atoms with Gasteiger partial charge in [0.15, 0.2) is 0 Å². The Kier molecular flexibility index (Phi) is 78.1. The Balaban J connectivity index is -0.000000168. The van der Waals surface area contributed by atoms with Crippen LogP contribution in [-0.2, 0) is 42.7 Å². The zero-order valence-corrected chi connectivity index (χ0v) is 31.7. The van der Waals surface area contributed by atoms with Crippen LogP contribution in [0.1, 0.15) is 77.0 Å². The van der Waals surface area contributed by atoms with Crippen molar-refractivity contribution in [1.29, 1.82) is 0 Å². The number of allylic oxidation sites excluding steroid dienone is 8. The Morgan fingerprint density at radius 1 is 0.438 bits per heavy atom. The topological polar surface area (TPSA) is 94.5 Å². The van der Waals surface area contributed by atoms with Crippen molar-refractivity contribution in [2.45, 2.75) is 77.0 Å². The molecule has 0 saturated carbocycles. The molecule has 7 nitrogen and oxygen atoms in total. The van der Waals surface area contributed by atoms with Crippen LogP contribution in [0.4, 0.5) is 0 Å². The van der Waals surface area contributed by atoms with E-state index >= 15 is 0 Å². The molecule has 0 atom stereocenters. The van der Waals surface area contributed by atoms with Crippen LogP contribution in [0.25, 0.3) is 0 Å². The average Bonchev–Trinajstić information content (AvgIpc) is 3.12. The first-order chi connectivity index (χ1) is 23.7. The zero-order valence-electron chi connectivity index (χ0n) is 30.2. The van der Waals surface area contributed by atoms with Crippen LogP contribution in [0.5, 0.6) is 0 Å². The Labute approximate surface area is 308 Å². The molecule has 8 heteroatoms. The third kappa shape index (κ3) is 79.6. The molecule has 0 fully saturated rings. The SMILES string of the molecule is C=CCCCC=CCOCCO.C=CCCCC=CCOCCO.C=CCCCC=CCOC[CH2-].C=CCCCC=CCOC[CH2-].[O]=[Ti+2]. The van der Waals surface area contributed by atoms with E-state index in [9.17, 15) is 0 Å². The standard InChI is InChI=1S/2C10H18O2.2C10H17O.O.Ti/c2*1-2-3-4-5-6-7-9-12-10-8-11;2*1-3-5-6-7-8-9-10-11-4-2;;/h2*2,6-7,11H,1,3-5,8-10H2;2*3,8-9H,1-2,4-7,10H2;;/q;;2*-1;;+2. The molecule has 0 bridgehead atoms. The maximum absolute atomic E-state index is 8.38. The number of hydrogen-bond acceptors (Lipinski definition) is 7. The van der Waals surface area contributed by atoms with Gasteiger partial charge < -0.3 is 43.0 Å². The molecule has 0 aromatic rings. The van der Waals surface area contributed by atoms with Crippen molar-refractivity contribution in [2.24, 2.45) is 0 Å². The molecule has 0 spiro atoms. The van der Waals surface area contributed by atoms with Gasteiger partial charge in [0.05, 0.1) is 52.9 Å². The van der Waals surface area contributed by atoms with E-state index in [1.54, 1.807) is 0 Å². The summed E-state index contributed by atoms with van der Waals surface area (Å²) in [5.74, 6) is 0. The van der Waals surface area contributed by atoms with Crippen LogP contribution >= 0.6 is 0 Å². The molecular weight excluding hydrogens is 640 g/mol. The minimum atomic E-state index is 0.101. The van der Waals surface area contributed by atoms with Crippen LogP contribution in [0, 0.1) is 13.8 Å². The fourth-order valence-corrected chi connectivity index (χ4v) is 3.00. The third-order valence-electron chi connectivity index (χ3n) is 5.40. The summed E-state index contributed by atoms with van der Waals surface area (Å²) in [6, 6.07) is 0. The normalized spacial score (nSPS) is 10.4. The minimum absolute atomic E-state index is 0.101. The van der Waals surface area contributed by atoms with Crippen molar-refractivity contribution in [3.05, 3.63) is 113 Å². The summed E-state index contributed by atoms with van der Waals surface area (Å²) < 4.78 is 28.4. The second-order valence-corrected chi connectivity index (χ2v) is 9.51. The summed E-state index contributed by atoms with van der Waals surface area (Å²) in [4.78, 5) is 0. The molecule has 0 heterocycles. The number of rotatable bonds is 30. The first kappa shape index (κ1) is 55.6. The molecule has 0 aliphatic heterocycles. The Hall–Kier alpha value is -1.81. The number of aliphatic hydroxyl groups is 2. The predicted molar refractivity (Wildman–Crippen MR) is 202 cm³/mol. The summed E-state index contributed by atoms with van der Waals surface area (Å²) in [7, 11) is 0. The number of unbranched alkanes of at least 4 members (excludes halogenated alkanes) is 8. The van der Waals surface area contributed by atoms with Gasteiger partial charge in [0.25, 0.3) is 0 Å². The van der Waals surface area contributed by atoms with Crippen molar-refractivity contribution in [3.63, 3.8) is 0 Å². The summed E-state index contributed by atoms with van der Waals surface area (Å²) in [5.41, 5.74) is 0. The van der Waals surface area contributed by atoms with Gasteiger partial charge in [-0.1, -0.05) is 86.1 Å². The van der Waals surface area contributed by atoms with E-state index < -0.39 is 0 Å². The summed E-state index contributed by atoms with van der Waals surface area (Å²) >= 11 is 0.750. The van der Waals surface area contributed by atoms with Gasteiger partial charge in [0.1, 0.15) is 0 Å². The summed E-state index contributed by atoms with van der Waals surface area (Å²) in [5, 5.41) is 16.8. The predicted octanol–water partition coefficient (Wildman–Crippen LogP) is 9.19. The fraction of sp³-hybridized carbons (Fsp3) is 0.550. The van der Waals surface area contributed by atoms with Gasteiger partial charge in [-0.25, -0.2) is 0 Å². The monoisotopic (exact) mass is 710 g/mol. The van der Waals surface area contributed by atoms with Gasteiger partial charge in [0.2, 0.25) is 0 Å². The molecule has 2 N–H and O–H groups in total. The van der Waals surface area contributed by atoms with Crippen molar-refractivity contribution in [3.8, 4) is 0 Å². The van der Waals surface area contributed by atoms with Crippen LogP contribution < -0.4 is 0 Å². The fourth-order valence-electron chi connectivity index (χ4n) is 3.00. The van der Waals surface area contributed by atoms with Gasteiger partial charge in [-0.15, -0.1) is 26.3 Å². The third-order valence-corrected chi connectivity index (χ3v) is 5.40. The van der Waals surface area contributed by atoms with E-state index in [1.807, 2.05) is 48.6 Å². The van der Waals surface area contributed by atoms with Crippen molar-refractivity contribution >= 4 is 0 Å². The first-order valence-corrected chi connectivity index (χ1v) is 17.6. The molecule has 48 heavy (non-hydrogen) atoms. The van der Waals surface area contributed by atoms with Crippen LogP contribution in [0.3, 0.4) is 0 Å². The summed E-state index contributed by atoms with van der Waals surface area (Å²) in [6.07, 6.45) is 37.7. The van der Waals surface area contributed by atoms with Crippen LogP contribution in [0.2, 0.25) is 0 Å². The number of ether oxygens (including phenoxy) is 4. The molecule has 0 aromatic heterocycles. The molecular formula is C40H70O7Ti. The van der Waals surface area contributed by atoms with E-state index in [0.717, 1.165) is 84.6 Å². The van der Waals surface area contributed by atoms with Gasteiger partial charge >= 0.3 is 23.7 Å². The molecule has 0 radical (unpaired) electrons. The second kappa shape index (κ2) is 67.4. The van der Waals surface area contributed by atoms with E-state index in [1.165, 1.54) is 12.8 Å². The van der Waals surface area contributed by atoms with E-state index in [4.69, 9.17) is 32.5 Å². The molecule has 0 aromatic carbocycles. The Bertz CT molecular complexity index is 648. The van der Waals surface area contributed by atoms with E-state index in [-0.39, 0.29) is 13.2 Å². The second-order valence-electron chi connectivity index (χ2n) is 9.51. The Morgan fingerprint density at radius 3 is 0.896 bits per heavy atom. The zero-order chi connectivity index (χ0) is 36.9. The van der Waals surface area contributed by atoms with Gasteiger partial charge in [-0.2, -0.15) is 0 Å². The number of aliphatic hydroxyl groups excluding tert-OH is 2. The van der Waals surface area contributed by atoms with Gasteiger partial charge in [-0.05, 0) is 77.0 Å². The average molecular weight is 711 g/mol. The van der Waals surface area contributed by atoms with Crippen molar-refractivity contribution in [2.75, 3.05) is 66.1 Å². The van der Waals surface area contributed by atoms with Crippen molar-refractivity contribution < 1.29 is 52.9 Å². The molecule has 0 aliphatic carbocycles.